The van der Waals surface area contributed by atoms with Gasteiger partial charge in [-0.25, -0.2) is 0 Å². The zero-order chi connectivity index (χ0) is 26.0. The van der Waals surface area contributed by atoms with Crippen molar-refractivity contribution in [3.05, 3.63) is 142 Å². The minimum Gasteiger partial charge on any atom is -0.294 e. The predicted octanol–water partition coefficient (Wildman–Crippen LogP) is 8.13. The largest absolute Gasteiger partial charge is 0.294 e. The summed E-state index contributed by atoms with van der Waals surface area (Å²) in [5.74, 6) is 0.750. The molecule has 38 heavy (non-hydrogen) atoms. The van der Waals surface area contributed by atoms with E-state index >= 15 is 0 Å². The average Bonchev–Trinajstić information content (AvgIpc) is 3.11. The minimum absolute atomic E-state index is 0.0486. The SMILES string of the molecule is Cc1ncccc1CC(=O)c1ccc2c(c1)CCC[C@H]1CC(c3ccccc3)=CC[C@@]21Cc1ccccc1. The molecule has 2 atom stereocenters. The molecule has 6 rings (SSSR count). The lowest BCUT2D eigenvalue weighted by atomic mass is 9.59. The van der Waals surface area contributed by atoms with E-state index in [1.165, 1.54) is 34.2 Å². The first kappa shape index (κ1) is 24.6. The van der Waals surface area contributed by atoms with Gasteiger partial charge in [0.1, 0.15) is 0 Å². The van der Waals surface area contributed by atoms with Crippen LogP contribution in [0.2, 0.25) is 0 Å². The van der Waals surface area contributed by atoms with E-state index in [1.807, 2.05) is 19.1 Å². The molecule has 2 heteroatoms. The second-order valence-corrected chi connectivity index (χ2v) is 11.1. The number of aromatic nitrogens is 1. The molecule has 0 saturated carbocycles. The van der Waals surface area contributed by atoms with E-state index in [0.717, 1.165) is 48.9 Å². The summed E-state index contributed by atoms with van der Waals surface area (Å²) in [4.78, 5) is 17.7. The summed E-state index contributed by atoms with van der Waals surface area (Å²) in [5.41, 5.74) is 9.90. The molecule has 3 aromatic carbocycles. The van der Waals surface area contributed by atoms with Crippen LogP contribution >= 0.6 is 0 Å². The Balaban J connectivity index is 1.39. The molecule has 2 aliphatic carbocycles. The number of benzene rings is 3. The van der Waals surface area contributed by atoms with Crippen LogP contribution in [0.5, 0.6) is 0 Å². The molecule has 0 spiro atoms. The van der Waals surface area contributed by atoms with E-state index in [9.17, 15) is 4.79 Å². The highest BCUT2D eigenvalue weighted by molar-refractivity contribution is 5.98. The molecule has 0 radical (unpaired) electrons. The Kier molecular flexibility index (Phi) is 6.81. The fourth-order valence-corrected chi connectivity index (χ4v) is 6.86. The highest BCUT2D eigenvalue weighted by Gasteiger charge is 2.44. The number of carbonyl (C=O) groups is 1. The standard InChI is InChI=1S/C36H35NO/c1-26-29(15-9-21-37-26)24-35(38)32-17-18-34-31(22-32)14-8-16-33-23-30(28-12-6-3-7-13-28)19-20-36(33,34)25-27-10-4-2-5-11-27/h2-7,9-13,15,17-19,21-22,33H,8,14,16,20,23-25H2,1H3/t33-,36-/m0/s1. The van der Waals surface area contributed by atoms with Gasteiger partial charge in [0.15, 0.2) is 5.78 Å². The van der Waals surface area contributed by atoms with Crippen LogP contribution < -0.4 is 0 Å². The number of rotatable bonds is 6. The molecule has 2 nitrogen and oxygen atoms in total. The van der Waals surface area contributed by atoms with Gasteiger partial charge in [-0.05, 0) is 96.9 Å². The maximum Gasteiger partial charge on any atom is 0.167 e. The van der Waals surface area contributed by atoms with E-state index in [4.69, 9.17) is 0 Å². The second-order valence-electron chi connectivity index (χ2n) is 11.1. The van der Waals surface area contributed by atoms with Crippen molar-refractivity contribution in [2.24, 2.45) is 5.92 Å². The Morgan fingerprint density at radius 2 is 1.74 bits per heavy atom. The third kappa shape index (κ3) is 4.76. The smallest absolute Gasteiger partial charge is 0.167 e. The Hall–Kier alpha value is -3.78. The molecule has 0 fully saturated rings. The Morgan fingerprint density at radius 1 is 0.947 bits per heavy atom. The number of Topliss-reactive ketones (excluding diaryl/α,β-unsaturated/α-hetero) is 1. The van der Waals surface area contributed by atoms with Crippen LogP contribution in [-0.4, -0.2) is 10.8 Å². The number of ketones is 1. The molecule has 0 saturated heterocycles. The van der Waals surface area contributed by atoms with Gasteiger partial charge in [0.25, 0.3) is 0 Å². The maximum absolute atomic E-state index is 13.4. The first-order chi connectivity index (χ1) is 18.6. The molecule has 0 aliphatic heterocycles. The van der Waals surface area contributed by atoms with Gasteiger partial charge in [0, 0.05) is 29.3 Å². The number of nitrogens with zero attached hydrogens (tertiary/aromatic N) is 1. The molecular formula is C36H35NO. The number of aryl methyl sites for hydroxylation is 2. The molecular weight excluding hydrogens is 462 g/mol. The fraction of sp³-hybridized carbons (Fsp3) is 0.278. The van der Waals surface area contributed by atoms with Gasteiger partial charge in [-0.15, -0.1) is 0 Å². The van der Waals surface area contributed by atoms with Gasteiger partial charge in [-0.3, -0.25) is 9.78 Å². The Morgan fingerprint density at radius 3 is 2.53 bits per heavy atom. The summed E-state index contributed by atoms with van der Waals surface area (Å²) in [6.07, 6.45) is 11.3. The van der Waals surface area contributed by atoms with Crippen LogP contribution in [0.1, 0.15) is 69.6 Å². The molecule has 4 aromatic rings. The van der Waals surface area contributed by atoms with Gasteiger partial charge in [-0.2, -0.15) is 0 Å². The summed E-state index contributed by atoms with van der Waals surface area (Å²) < 4.78 is 0. The molecule has 190 valence electrons. The summed E-state index contributed by atoms with van der Waals surface area (Å²) in [5, 5.41) is 0. The number of carbonyl (C=O) groups excluding carboxylic acids is 1. The van der Waals surface area contributed by atoms with E-state index in [2.05, 4.69) is 89.9 Å². The van der Waals surface area contributed by atoms with E-state index < -0.39 is 0 Å². The quantitative estimate of drug-likeness (QED) is 0.252. The highest BCUT2D eigenvalue weighted by atomic mass is 16.1. The lowest BCUT2D eigenvalue weighted by molar-refractivity contribution is 0.0992. The van der Waals surface area contributed by atoms with Gasteiger partial charge in [-0.1, -0.05) is 84.9 Å². The Bertz CT molecular complexity index is 1470. The number of hydrogen-bond donors (Lipinski definition) is 0. The van der Waals surface area contributed by atoms with Crippen molar-refractivity contribution in [3.63, 3.8) is 0 Å². The van der Waals surface area contributed by atoms with Gasteiger partial charge in [0.05, 0.1) is 0 Å². The summed E-state index contributed by atoms with van der Waals surface area (Å²) in [7, 11) is 0. The minimum atomic E-state index is 0.0486. The van der Waals surface area contributed by atoms with Crippen LogP contribution in [-0.2, 0) is 24.7 Å². The van der Waals surface area contributed by atoms with E-state index in [-0.39, 0.29) is 11.2 Å². The topological polar surface area (TPSA) is 30.0 Å². The first-order valence-electron chi connectivity index (χ1n) is 14.0. The zero-order valence-electron chi connectivity index (χ0n) is 22.2. The number of pyridine rings is 1. The molecule has 1 heterocycles. The van der Waals surface area contributed by atoms with Crippen molar-refractivity contribution in [1.29, 1.82) is 0 Å². The van der Waals surface area contributed by atoms with Crippen molar-refractivity contribution in [2.45, 2.75) is 57.3 Å². The van der Waals surface area contributed by atoms with Crippen molar-refractivity contribution >= 4 is 11.4 Å². The predicted molar refractivity (Wildman–Crippen MR) is 155 cm³/mol. The Labute approximate surface area is 226 Å². The van der Waals surface area contributed by atoms with Crippen LogP contribution in [0, 0.1) is 12.8 Å². The summed E-state index contributed by atoms with van der Waals surface area (Å²) in [6, 6.07) is 32.4. The molecule has 0 N–H and O–H groups in total. The maximum atomic E-state index is 13.4. The van der Waals surface area contributed by atoms with Crippen LogP contribution in [0.25, 0.3) is 5.57 Å². The summed E-state index contributed by atoms with van der Waals surface area (Å²) in [6.45, 7) is 1.98. The van der Waals surface area contributed by atoms with Gasteiger partial charge >= 0.3 is 0 Å². The second kappa shape index (κ2) is 10.5. The van der Waals surface area contributed by atoms with Crippen molar-refractivity contribution < 1.29 is 4.79 Å². The lowest BCUT2D eigenvalue weighted by Gasteiger charge is -2.45. The van der Waals surface area contributed by atoms with E-state index in [1.54, 1.807) is 6.20 Å². The summed E-state index contributed by atoms with van der Waals surface area (Å²) >= 11 is 0. The highest BCUT2D eigenvalue weighted by Crippen LogP contribution is 2.52. The monoisotopic (exact) mass is 497 g/mol. The van der Waals surface area contributed by atoms with Crippen molar-refractivity contribution in [3.8, 4) is 0 Å². The molecule has 0 unspecified atom stereocenters. The third-order valence-electron chi connectivity index (χ3n) is 8.90. The zero-order valence-corrected chi connectivity index (χ0v) is 22.2. The van der Waals surface area contributed by atoms with Gasteiger partial charge < -0.3 is 0 Å². The molecule has 1 aromatic heterocycles. The third-order valence-corrected chi connectivity index (χ3v) is 8.90. The van der Waals surface area contributed by atoms with E-state index in [0.29, 0.717) is 12.3 Å². The molecule has 2 aliphatic rings. The number of hydrogen-bond acceptors (Lipinski definition) is 2. The molecule has 0 amide bonds. The lowest BCUT2D eigenvalue weighted by Crippen LogP contribution is -2.39. The van der Waals surface area contributed by atoms with Crippen LogP contribution in [0.3, 0.4) is 0 Å². The van der Waals surface area contributed by atoms with Crippen molar-refractivity contribution in [2.75, 3.05) is 0 Å². The first-order valence-corrected chi connectivity index (χ1v) is 14.0. The number of fused-ring (bicyclic) bond motifs is 3. The fourth-order valence-electron chi connectivity index (χ4n) is 6.86. The van der Waals surface area contributed by atoms with Crippen LogP contribution in [0.15, 0.2) is 103 Å². The van der Waals surface area contributed by atoms with Crippen molar-refractivity contribution in [1.82, 2.24) is 4.98 Å². The van der Waals surface area contributed by atoms with Crippen LogP contribution in [0.4, 0.5) is 0 Å². The average molecular weight is 498 g/mol. The number of allylic oxidation sites excluding steroid dienone is 2. The normalized spacial score (nSPS) is 20.6. The molecule has 0 bridgehead atoms. The van der Waals surface area contributed by atoms with Gasteiger partial charge in [0.2, 0.25) is 0 Å².